The number of nitrogens with zero attached hydrogens (tertiary/aromatic N) is 2. The highest BCUT2D eigenvalue weighted by Crippen LogP contribution is 2.26. The van der Waals surface area contributed by atoms with E-state index in [9.17, 15) is 4.79 Å². The first-order valence-electron chi connectivity index (χ1n) is 10.2. The van der Waals surface area contributed by atoms with Crippen LogP contribution in [-0.4, -0.2) is 22.1 Å². The van der Waals surface area contributed by atoms with Gasteiger partial charge in [0.25, 0.3) is 0 Å². The number of imidazole rings is 1. The van der Waals surface area contributed by atoms with Crippen LogP contribution in [0.15, 0.2) is 73.1 Å². The Balaban J connectivity index is 1.16. The number of nitrogens with one attached hydrogen (secondary N) is 1. The Morgan fingerprint density at radius 2 is 1.80 bits per heavy atom. The van der Waals surface area contributed by atoms with E-state index in [4.69, 9.17) is 4.74 Å². The maximum atomic E-state index is 12.3. The molecule has 5 rings (SSSR count). The molecular formula is C25H23N3O2. The second-order valence-electron chi connectivity index (χ2n) is 7.67. The van der Waals surface area contributed by atoms with Crippen LogP contribution in [0.25, 0.3) is 11.0 Å². The molecule has 0 aliphatic carbocycles. The van der Waals surface area contributed by atoms with Crippen molar-refractivity contribution in [3.63, 3.8) is 0 Å². The van der Waals surface area contributed by atoms with Gasteiger partial charge >= 0.3 is 0 Å². The molecule has 5 nitrogen and oxygen atoms in total. The van der Waals surface area contributed by atoms with Gasteiger partial charge in [-0.25, -0.2) is 4.98 Å². The van der Waals surface area contributed by atoms with Crippen molar-refractivity contribution in [3.8, 4) is 5.75 Å². The predicted octanol–water partition coefficient (Wildman–Crippen LogP) is 3.88. The molecule has 0 saturated heterocycles. The molecule has 0 saturated carbocycles. The second kappa shape index (κ2) is 8.03. The second-order valence-corrected chi connectivity index (χ2v) is 7.67. The van der Waals surface area contributed by atoms with Gasteiger partial charge in [-0.05, 0) is 40.5 Å². The van der Waals surface area contributed by atoms with Gasteiger partial charge in [0.1, 0.15) is 5.75 Å². The number of benzene rings is 3. The van der Waals surface area contributed by atoms with Gasteiger partial charge in [0.15, 0.2) is 0 Å². The quantitative estimate of drug-likeness (QED) is 0.537. The molecule has 0 unspecified atom stereocenters. The number of hydrogen-bond donors (Lipinski definition) is 1. The van der Waals surface area contributed by atoms with Crippen LogP contribution < -0.4 is 10.1 Å². The number of aromatic nitrogens is 2. The number of carbonyl (C=O) groups excluding carboxylic acids is 1. The van der Waals surface area contributed by atoms with Crippen molar-refractivity contribution < 1.29 is 9.53 Å². The maximum Gasteiger partial charge on any atom is 0.224 e. The number of para-hydroxylation sites is 2. The molecule has 1 aliphatic heterocycles. The van der Waals surface area contributed by atoms with Crippen molar-refractivity contribution in [1.82, 2.24) is 14.9 Å². The molecule has 0 fully saturated rings. The van der Waals surface area contributed by atoms with E-state index < -0.39 is 0 Å². The first-order chi connectivity index (χ1) is 14.7. The summed E-state index contributed by atoms with van der Waals surface area (Å²) in [5.41, 5.74) is 6.65. The zero-order valence-corrected chi connectivity index (χ0v) is 16.7. The minimum atomic E-state index is 0.0304. The fourth-order valence-electron chi connectivity index (χ4n) is 3.89. The Morgan fingerprint density at radius 1 is 1.00 bits per heavy atom. The van der Waals surface area contributed by atoms with Crippen LogP contribution in [0.1, 0.15) is 22.3 Å². The summed E-state index contributed by atoms with van der Waals surface area (Å²) < 4.78 is 7.67. The first-order valence-corrected chi connectivity index (χ1v) is 10.2. The molecule has 1 aliphatic rings. The minimum Gasteiger partial charge on any atom is -0.493 e. The van der Waals surface area contributed by atoms with Gasteiger partial charge in [-0.2, -0.15) is 0 Å². The summed E-state index contributed by atoms with van der Waals surface area (Å²) in [4.78, 5) is 16.8. The summed E-state index contributed by atoms with van der Waals surface area (Å²) in [5, 5.41) is 3.02. The lowest BCUT2D eigenvalue weighted by Gasteiger charge is -2.08. The average Bonchev–Trinajstić information content (AvgIpc) is 3.40. The predicted molar refractivity (Wildman–Crippen MR) is 116 cm³/mol. The lowest BCUT2D eigenvalue weighted by molar-refractivity contribution is -0.120. The molecule has 1 N–H and O–H groups in total. The SMILES string of the molecule is O=C(Cc1ccc2c(c1)CCO2)NCc1ccc(Cn2cnc3ccccc32)cc1. The van der Waals surface area contributed by atoms with Gasteiger partial charge in [-0.1, -0.05) is 48.5 Å². The normalized spacial score (nSPS) is 12.5. The third-order valence-corrected chi connectivity index (χ3v) is 5.51. The highest BCUT2D eigenvalue weighted by Gasteiger charge is 2.13. The van der Waals surface area contributed by atoms with Crippen molar-refractivity contribution in [3.05, 3.63) is 95.3 Å². The summed E-state index contributed by atoms with van der Waals surface area (Å²) in [6.45, 7) is 2.04. The van der Waals surface area contributed by atoms with Gasteiger partial charge in [-0.3, -0.25) is 4.79 Å². The number of fused-ring (bicyclic) bond motifs is 2. The Morgan fingerprint density at radius 3 is 2.70 bits per heavy atom. The highest BCUT2D eigenvalue weighted by molar-refractivity contribution is 5.78. The summed E-state index contributed by atoms with van der Waals surface area (Å²) in [6.07, 6.45) is 3.19. The molecule has 0 radical (unpaired) electrons. The van der Waals surface area contributed by atoms with E-state index in [0.717, 1.165) is 47.5 Å². The molecule has 1 aromatic heterocycles. The number of hydrogen-bond acceptors (Lipinski definition) is 3. The van der Waals surface area contributed by atoms with Gasteiger partial charge in [0, 0.05) is 19.5 Å². The molecule has 4 aromatic rings. The lowest BCUT2D eigenvalue weighted by Crippen LogP contribution is -2.24. The van der Waals surface area contributed by atoms with Crippen LogP contribution in [0.2, 0.25) is 0 Å². The Bertz CT molecular complexity index is 1190. The van der Waals surface area contributed by atoms with Gasteiger partial charge in [0.05, 0.1) is 30.4 Å². The van der Waals surface area contributed by atoms with E-state index in [0.29, 0.717) is 13.0 Å². The van der Waals surface area contributed by atoms with Crippen LogP contribution in [0.5, 0.6) is 5.75 Å². The summed E-state index contributed by atoms with van der Waals surface area (Å²) in [6, 6.07) is 22.5. The van der Waals surface area contributed by atoms with E-state index in [1.54, 1.807) is 0 Å². The van der Waals surface area contributed by atoms with Crippen molar-refractivity contribution in [2.45, 2.75) is 25.9 Å². The summed E-state index contributed by atoms with van der Waals surface area (Å²) in [5.74, 6) is 0.978. The number of carbonyl (C=O) groups is 1. The molecule has 150 valence electrons. The molecule has 5 heteroatoms. The van der Waals surface area contributed by atoms with Crippen molar-refractivity contribution in [1.29, 1.82) is 0 Å². The van der Waals surface area contributed by atoms with E-state index in [-0.39, 0.29) is 5.91 Å². The zero-order chi connectivity index (χ0) is 20.3. The third-order valence-electron chi connectivity index (χ3n) is 5.51. The average molecular weight is 397 g/mol. The van der Waals surface area contributed by atoms with E-state index in [1.807, 2.05) is 36.7 Å². The van der Waals surface area contributed by atoms with Crippen LogP contribution in [0.3, 0.4) is 0 Å². The standard InChI is InChI=1S/C25H23N3O2/c29-25(14-20-9-10-24-21(13-20)11-12-30-24)26-15-18-5-7-19(8-6-18)16-28-17-27-22-3-1-2-4-23(22)28/h1-10,13,17H,11-12,14-16H2,(H,26,29). The molecule has 0 bridgehead atoms. The Kier molecular flexibility index (Phi) is 4.93. The maximum absolute atomic E-state index is 12.3. The Hall–Kier alpha value is -3.60. The van der Waals surface area contributed by atoms with Crippen molar-refractivity contribution in [2.24, 2.45) is 0 Å². The summed E-state index contributed by atoms with van der Waals surface area (Å²) >= 11 is 0. The smallest absolute Gasteiger partial charge is 0.224 e. The van der Waals surface area contributed by atoms with E-state index in [1.165, 1.54) is 11.1 Å². The van der Waals surface area contributed by atoms with Gasteiger partial charge in [0.2, 0.25) is 5.91 Å². The van der Waals surface area contributed by atoms with E-state index in [2.05, 4.69) is 51.3 Å². The number of amides is 1. The third kappa shape index (κ3) is 3.92. The van der Waals surface area contributed by atoms with Gasteiger partial charge in [-0.15, -0.1) is 0 Å². The monoisotopic (exact) mass is 397 g/mol. The lowest BCUT2D eigenvalue weighted by atomic mass is 10.1. The number of ether oxygens (including phenoxy) is 1. The minimum absolute atomic E-state index is 0.0304. The molecule has 1 amide bonds. The largest absolute Gasteiger partial charge is 0.493 e. The van der Waals surface area contributed by atoms with Gasteiger partial charge < -0.3 is 14.6 Å². The highest BCUT2D eigenvalue weighted by atomic mass is 16.5. The summed E-state index contributed by atoms with van der Waals surface area (Å²) in [7, 11) is 0. The molecular weight excluding hydrogens is 374 g/mol. The topological polar surface area (TPSA) is 56.1 Å². The molecule has 0 spiro atoms. The van der Waals surface area contributed by atoms with Crippen LogP contribution in [-0.2, 0) is 30.7 Å². The fourth-order valence-corrected chi connectivity index (χ4v) is 3.89. The van der Waals surface area contributed by atoms with Crippen LogP contribution in [0.4, 0.5) is 0 Å². The van der Waals surface area contributed by atoms with E-state index >= 15 is 0 Å². The molecule has 30 heavy (non-hydrogen) atoms. The zero-order valence-electron chi connectivity index (χ0n) is 16.7. The molecule has 2 heterocycles. The van der Waals surface area contributed by atoms with Crippen molar-refractivity contribution >= 4 is 16.9 Å². The number of rotatable bonds is 6. The fraction of sp³-hybridized carbons (Fsp3) is 0.200. The Labute approximate surface area is 175 Å². The van der Waals surface area contributed by atoms with Crippen molar-refractivity contribution in [2.75, 3.05) is 6.61 Å². The molecule has 0 atom stereocenters. The van der Waals surface area contributed by atoms with Crippen LogP contribution in [0, 0.1) is 0 Å². The first kappa shape index (κ1) is 18.4. The molecule has 3 aromatic carbocycles. The van der Waals surface area contributed by atoms with Crippen LogP contribution >= 0.6 is 0 Å².